The summed E-state index contributed by atoms with van der Waals surface area (Å²) < 4.78 is 1.22. The molecule has 7 heteroatoms. The monoisotopic (exact) mass is 364 g/mol. The van der Waals surface area contributed by atoms with Gasteiger partial charge in [0.1, 0.15) is 0 Å². The molecule has 0 aliphatic carbocycles. The zero-order valence-corrected chi connectivity index (χ0v) is 14.8. The number of benzene rings is 2. The predicted molar refractivity (Wildman–Crippen MR) is 105 cm³/mol. The quantitative estimate of drug-likeness (QED) is 0.690. The zero-order valence-electron chi connectivity index (χ0n) is 14.8. The Balaban J connectivity index is 1.59. The second-order valence-electron chi connectivity index (χ2n) is 6.69. The highest BCUT2D eigenvalue weighted by Crippen LogP contribution is 2.31. The number of nitrogen functional groups attached to an aromatic ring is 1. The third-order valence-corrected chi connectivity index (χ3v) is 5.02. The molecule has 138 valence electrons. The van der Waals surface area contributed by atoms with Crippen LogP contribution in [0.3, 0.4) is 0 Å². The van der Waals surface area contributed by atoms with Gasteiger partial charge in [0, 0.05) is 24.3 Å². The summed E-state index contributed by atoms with van der Waals surface area (Å²) in [4.78, 5) is 39.2. The van der Waals surface area contributed by atoms with Crippen LogP contribution in [-0.4, -0.2) is 22.2 Å². The van der Waals surface area contributed by atoms with Crippen LogP contribution >= 0.6 is 0 Å². The number of carbonyl (C=O) groups is 1. The first-order chi connectivity index (χ1) is 13.1. The number of nitrogens with two attached hydrogens (primary N) is 1. The van der Waals surface area contributed by atoms with Crippen molar-refractivity contribution < 1.29 is 4.79 Å². The van der Waals surface area contributed by atoms with E-state index in [9.17, 15) is 14.4 Å². The standard InChI is InChI=1S/C20H20N4O3/c21-16-8-3-9-17-15(16)7-4-11-23(17)18(25)10-12-24-20(27)14-6-2-1-5-13(14)19(26)22-24/h1-3,5-6,8-9H,4,7,10-12,21H2,(H,22,26). The lowest BCUT2D eigenvalue weighted by atomic mass is 9.99. The first kappa shape index (κ1) is 17.1. The lowest BCUT2D eigenvalue weighted by Gasteiger charge is -2.30. The van der Waals surface area contributed by atoms with E-state index in [1.165, 1.54) is 4.68 Å². The van der Waals surface area contributed by atoms with E-state index in [1.54, 1.807) is 29.2 Å². The van der Waals surface area contributed by atoms with Crippen molar-refractivity contribution in [2.24, 2.45) is 0 Å². The maximum absolute atomic E-state index is 12.8. The fourth-order valence-corrected chi connectivity index (χ4v) is 3.66. The van der Waals surface area contributed by atoms with Crippen molar-refractivity contribution in [3.63, 3.8) is 0 Å². The number of amides is 1. The van der Waals surface area contributed by atoms with Crippen LogP contribution in [0.25, 0.3) is 10.8 Å². The van der Waals surface area contributed by atoms with Crippen LogP contribution in [-0.2, 0) is 17.8 Å². The average Bonchev–Trinajstić information content (AvgIpc) is 2.69. The van der Waals surface area contributed by atoms with Gasteiger partial charge in [-0.1, -0.05) is 18.2 Å². The number of anilines is 2. The minimum atomic E-state index is -0.339. The number of H-pyrrole nitrogens is 1. The fourth-order valence-electron chi connectivity index (χ4n) is 3.66. The highest BCUT2D eigenvalue weighted by Gasteiger charge is 2.23. The number of carbonyl (C=O) groups excluding carboxylic acids is 1. The van der Waals surface area contributed by atoms with Gasteiger partial charge in [-0.2, -0.15) is 0 Å². The number of nitrogens with zero attached hydrogens (tertiary/aromatic N) is 2. The van der Waals surface area contributed by atoms with Crippen LogP contribution < -0.4 is 21.8 Å². The molecule has 1 amide bonds. The van der Waals surface area contributed by atoms with Crippen molar-refractivity contribution in [1.82, 2.24) is 9.78 Å². The third-order valence-electron chi connectivity index (χ3n) is 5.02. The highest BCUT2D eigenvalue weighted by atomic mass is 16.2. The molecule has 0 spiro atoms. The number of aryl methyl sites for hydroxylation is 1. The number of aromatic nitrogens is 2. The largest absolute Gasteiger partial charge is 0.398 e. The van der Waals surface area contributed by atoms with Crippen molar-refractivity contribution in [3.8, 4) is 0 Å². The van der Waals surface area contributed by atoms with Crippen LogP contribution in [0.4, 0.5) is 11.4 Å². The lowest BCUT2D eigenvalue weighted by Crippen LogP contribution is -2.37. The molecule has 0 atom stereocenters. The third kappa shape index (κ3) is 3.01. The number of fused-ring (bicyclic) bond motifs is 2. The van der Waals surface area contributed by atoms with Gasteiger partial charge in [0.25, 0.3) is 11.1 Å². The molecule has 1 aliphatic rings. The van der Waals surface area contributed by atoms with E-state index in [-0.39, 0.29) is 30.0 Å². The van der Waals surface area contributed by atoms with Gasteiger partial charge in [0.2, 0.25) is 5.91 Å². The molecule has 0 saturated carbocycles. The molecule has 0 radical (unpaired) electrons. The summed E-state index contributed by atoms with van der Waals surface area (Å²) in [5, 5.41) is 3.27. The molecule has 1 aliphatic heterocycles. The van der Waals surface area contributed by atoms with Crippen molar-refractivity contribution in [2.45, 2.75) is 25.8 Å². The Morgan fingerprint density at radius 1 is 1.07 bits per heavy atom. The normalized spacial score (nSPS) is 13.6. The summed E-state index contributed by atoms with van der Waals surface area (Å²) in [5.41, 5.74) is 7.92. The summed E-state index contributed by atoms with van der Waals surface area (Å²) in [7, 11) is 0. The summed E-state index contributed by atoms with van der Waals surface area (Å²) in [6.45, 7) is 0.740. The van der Waals surface area contributed by atoms with Crippen LogP contribution in [0.5, 0.6) is 0 Å². The molecule has 7 nitrogen and oxygen atoms in total. The average molecular weight is 364 g/mol. The Labute approximate surface area is 155 Å². The zero-order chi connectivity index (χ0) is 19.0. The fraction of sp³-hybridized carbons (Fsp3) is 0.250. The van der Waals surface area contributed by atoms with Crippen molar-refractivity contribution in [2.75, 3.05) is 17.2 Å². The Bertz CT molecular complexity index is 1150. The molecule has 3 aromatic rings. The van der Waals surface area contributed by atoms with E-state index in [1.807, 2.05) is 18.2 Å². The minimum absolute atomic E-state index is 0.0949. The molecule has 0 fully saturated rings. The first-order valence-corrected chi connectivity index (χ1v) is 8.96. The van der Waals surface area contributed by atoms with E-state index in [2.05, 4.69) is 5.10 Å². The molecule has 4 rings (SSSR count). The van der Waals surface area contributed by atoms with Gasteiger partial charge in [-0.15, -0.1) is 0 Å². The van der Waals surface area contributed by atoms with E-state index < -0.39 is 0 Å². The molecule has 0 bridgehead atoms. The van der Waals surface area contributed by atoms with E-state index in [0.717, 1.165) is 24.1 Å². The van der Waals surface area contributed by atoms with Crippen LogP contribution in [0.2, 0.25) is 0 Å². The number of hydrogen-bond acceptors (Lipinski definition) is 4. The van der Waals surface area contributed by atoms with E-state index in [0.29, 0.717) is 23.0 Å². The van der Waals surface area contributed by atoms with Gasteiger partial charge in [0.05, 0.1) is 17.3 Å². The Kier molecular flexibility index (Phi) is 4.27. The van der Waals surface area contributed by atoms with Gasteiger partial charge in [-0.3, -0.25) is 19.5 Å². The second kappa shape index (κ2) is 6.75. The van der Waals surface area contributed by atoms with Crippen molar-refractivity contribution in [3.05, 3.63) is 68.7 Å². The van der Waals surface area contributed by atoms with Crippen LogP contribution in [0.15, 0.2) is 52.1 Å². The minimum Gasteiger partial charge on any atom is -0.398 e. The highest BCUT2D eigenvalue weighted by molar-refractivity contribution is 5.95. The molecule has 0 unspecified atom stereocenters. The van der Waals surface area contributed by atoms with Crippen LogP contribution in [0.1, 0.15) is 18.4 Å². The topological polar surface area (TPSA) is 101 Å². The van der Waals surface area contributed by atoms with Gasteiger partial charge in [0.15, 0.2) is 0 Å². The predicted octanol–water partition coefficient (Wildman–Crippen LogP) is 1.64. The summed E-state index contributed by atoms with van der Waals surface area (Å²) in [5.74, 6) is -0.0949. The molecule has 2 heterocycles. The number of aromatic amines is 1. The Morgan fingerprint density at radius 2 is 1.85 bits per heavy atom. The van der Waals surface area contributed by atoms with Crippen molar-refractivity contribution >= 4 is 28.1 Å². The molecule has 3 N–H and O–H groups in total. The molecular formula is C20H20N4O3. The van der Waals surface area contributed by atoms with E-state index in [4.69, 9.17) is 5.73 Å². The summed E-state index contributed by atoms with van der Waals surface area (Å²) >= 11 is 0. The smallest absolute Gasteiger partial charge is 0.273 e. The first-order valence-electron chi connectivity index (χ1n) is 8.96. The summed E-state index contributed by atoms with van der Waals surface area (Å²) in [6.07, 6.45) is 1.81. The van der Waals surface area contributed by atoms with Gasteiger partial charge >= 0.3 is 0 Å². The SMILES string of the molecule is Nc1cccc2c1CCCN2C(=O)CCn1[nH]c(=O)c2ccccc2c1=O. The van der Waals surface area contributed by atoms with Crippen LogP contribution in [0, 0.1) is 0 Å². The molecule has 2 aromatic carbocycles. The Morgan fingerprint density at radius 3 is 2.67 bits per heavy atom. The molecule has 0 saturated heterocycles. The lowest BCUT2D eigenvalue weighted by molar-refractivity contribution is -0.119. The van der Waals surface area contributed by atoms with Gasteiger partial charge < -0.3 is 10.6 Å². The Hall–Kier alpha value is -3.35. The van der Waals surface area contributed by atoms with E-state index >= 15 is 0 Å². The van der Waals surface area contributed by atoms with Crippen molar-refractivity contribution in [1.29, 1.82) is 0 Å². The molecular weight excluding hydrogens is 344 g/mol. The second-order valence-corrected chi connectivity index (χ2v) is 6.69. The maximum atomic E-state index is 12.8. The van der Waals surface area contributed by atoms with Gasteiger partial charge in [-0.05, 0) is 42.7 Å². The number of hydrogen-bond donors (Lipinski definition) is 2. The molecule has 1 aromatic heterocycles. The molecule has 27 heavy (non-hydrogen) atoms. The number of rotatable bonds is 3. The number of nitrogens with one attached hydrogen (secondary N) is 1. The maximum Gasteiger partial charge on any atom is 0.273 e. The summed E-state index contributed by atoms with van der Waals surface area (Å²) in [6, 6.07) is 12.2. The van der Waals surface area contributed by atoms with Gasteiger partial charge in [-0.25, -0.2) is 4.68 Å².